The fourth-order valence-corrected chi connectivity index (χ4v) is 2.70. The number of carbonyl (C=O) groups is 1. The van der Waals surface area contributed by atoms with Gasteiger partial charge in [0.05, 0.1) is 18.8 Å². The van der Waals surface area contributed by atoms with Crippen molar-refractivity contribution in [2.24, 2.45) is 0 Å². The van der Waals surface area contributed by atoms with Crippen molar-refractivity contribution in [2.75, 3.05) is 36.5 Å². The summed E-state index contributed by atoms with van der Waals surface area (Å²) in [4.78, 5) is 17.8. The van der Waals surface area contributed by atoms with Gasteiger partial charge in [0.1, 0.15) is 5.69 Å². The largest absolute Gasteiger partial charge is 0.433 e. The van der Waals surface area contributed by atoms with Crippen molar-refractivity contribution >= 4 is 17.3 Å². The molecular weight excluding hydrogens is 347 g/mol. The lowest BCUT2D eigenvalue weighted by molar-refractivity contribution is -0.141. The SMILES string of the molecule is Cc1cc(N2CCOCC2)ccc1NC(=O)c1ccc(C(F)(F)F)nc1. The quantitative estimate of drug-likeness (QED) is 0.905. The molecule has 2 heterocycles. The van der Waals surface area contributed by atoms with Gasteiger partial charge >= 0.3 is 6.18 Å². The molecule has 0 spiro atoms. The van der Waals surface area contributed by atoms with Gasteiger partial charge in [0.15, 0.2) is 0 Å². The van der Waals surface area contributed by atoms with E-state index in [-0.39, 0.29) is 5.56 Å². The van der Waals surface area contributed by atoms with Gasteiger partial charge in [-0.25, -0.2) is 0 Å². The number of nitrogens with zero attached hydrogens (tertiary/aromatic N) is 2. The van der Waals surface area contributed by atoms with Gasteiger partial charge in [0.25, 0.3) is 5.91 Å². The van der Waals surface area contributed by atoms with E-state index in [2.05, 4.69) is 15.2 Å². The highest BCUT2D eigenvalue weighted by Gasteiger charge is 2.32. The summed E-state index contributed by atoms with van der Waals surface area (Å²) in [5.74, 6) is -0.506. The molecular formula is C18H18F3N3O2. The van der Waals surface area contributed by atoms with E-state index in [0.29, 0.717) is 18.9 Å². The number of ether oxygens (including phenoxy) is 1. The third kappa shape index (κ3) is 4.13. The van der Waals surface area contributed by atoms with Gasteiger partial charge in [0.2, 0.25) is 0 Å². The second-order valence-electron chi connectivity index (χ2n) is 5.98. The molecule has 138 valence electrons. The number of benzene rings is 1. The number of hydrogen-bond acceptors (Lipinski definition) is 4. The number of aryl methyl sites for hydroxylation is 1. The Balaban J connectivity index is 1.71. The number of alkyl halides is 3. The highest BCUT2D eigenvalue weighted by atomic mass is 19.4. The number of aromatic nitrogens is 1. The molecule has 0 bridgehead atoms. The Morgan fingerprint density at radius 3 is 2.50 bits per heavy atom. The van der Waals surface area contributed by atoms with Crippen molar-refractivity contribution in [3.8, 4) is 0 Å². The second kappa shape index (κ2) is 7.33. The maximum absolute atomic E-state index is 12.5. The lowest BCUT2D eigenvalue weighted by atomic mass is 10.1. The van der Waals surface area contributed by atoms with Crippen LogP contribution in [0.1, 0.15) is 21.6 Å². The van der Waals surface area contributed by atoms with Crippen LogP contribution in [0.2, 0.25) is 0 Å². The minimum atomic E-state index is -4.53. The van der Waals surface area contributed by atoms with Crippen LogP contribution >= 0.6 is 0 Å². The Labute approximate surface area is 148 Å². The number of morpholine rings is 1. The van der Waals surface area contributed by atoms with Gasteiger partial charge in [-0.15, -0.1) is 0 Å². The summed E-state index contributed by atoms with van der Waals surface area (Å²) < 4.78 is 42.9. The van der Waals surface area contributed by atoms with Crippen LogP contribution in [0.15, 0.2) is 36.5 Å². The normalized spacial score (nSPS) is 15.0. The average molecular weight is 365 g/mol. The molecule has 3 rings (SSSR count). The molecule has 1 amide bonds. The van der Waals surface area contributed by atoms with E-state index in [1.165, 1.54) is 0 Å². The molecule has 1 saturated heterocycles. The van der Waals surface area contributed by atoms with Crippen molar-refractivity contribution in [2.45, 2.75) is 13.1 Å². The first kappa shape index (κ1) is 18.2. The van der Waals surface area contributed by atoms with E-state index >= 15 is 0 Å². The van der Waals surface area contributed by atoms with E-state index in [9.17, 15) is 18.0 Å². The molecule has 1 aromatic carbocycles. The molecule has 1 N–H and O–H groups in total. The van der Waals surface area contributed by atoms with Crippen LogP contribution < -0.4 is 10.2 Å². The Morgan fingerprint density at radius 2 is 1.92 bits per heavy atom. The Hall–Kier alpha value is -2.61. The zero-order chi connectivity index (χ0) is 18.7. The second-order valence-corrected chi connectivity index (χ2v) is 5.98. The van der Waals surface area contributed by atoms with Gasteiger partial charge in [0, 0.05) is 30.7 Å². The van der Waals surface area contributed by atoms with Crippen molar-refractivity contribution in [1.29, 1.82) is 0 Å². The Morgan fingerprint density at radius 1 is 1.19 bits per heavy atom. The number of pyridine rings is 1. The van der Waals surface area contributed by atoms with E-state index in [4.69, 9.17) is 4.74 Å². The topological polar surface area (TPSA) is 54.5 Å². The van der Waals surface area contributed by atoms with E-state index in [0.717, 1.165) is 42.7 Å². The van der Waals surface area contributed by atoms with E-state index < -0.39 is 17.8 Å². The molecule has 0 atom stereocenters. The highest BCUT2D eigenvalue weighted by Crippen LogP contribution is 2.27. The zero-order valence-electron chi connectivity index (χ0n) is 14.1. The fraction of sp³-hybridized carbons (Fsp3) is 0.333. The molecule has 1 aliphatic rings. The van der Waals surface area contributed by atoms with Crippen molar-refractivity contribution in [3.05, 3.63) is 53.3 Å². The van der Waals surface area contributed by atoms with E-state index in [1.807, 2.05) is 19.1 Å². The smallest absolute Gasteiger partial charge is 0.378 e. The molecule has 2 aromatic rings. The van der Waals surface area contributed by atoms with Crippen molar-refractivity contribution in [3.63, 3.8) is 0 Å². The number of nitrogens with one attached hydrogen (secondary N) is 1. The van der Waals surface area contributed by atoms with Crippen molar-refractivity contribution < 1.29 is 22.7 Å². The lowest BCUT2D eigenvalue weighted by Crippen LogP contribution is -2.36. The first-order valence-corrected chi connectivity index (χ1v) is 8.12. The first-order valence-electron chi connectivity index (χ1n) is 8.12. The molecule has 0 unspecified atom stereocenters. The molecule has 0 aliphatic carbocycles. The maximum Gasteiger partial charge on any atom is 0.433 e. The monoisotopic (exact) mass is 365 g/mol. The molecule has 1 aliphatic heterocycles. The summed E-state index contributed by atoms with van der Waals surface area (Å²) >= 11 is 0. The van der Waals surface area contributed by atoms with Crippen LogP contribution in [0.25, 0.3) is 0 Å². The highest BCUT2D eigenvalue weighted by molar-refractivity contribution is 6.04. The minimum absolute atomic E-state index is 0.0645. The number of carbonyl (C=O) groups excluding carboxylic acids is 1. The van der Waals surface area contributed by atoms with Crippen LogP contribution in [0.4, 0.5) is 24.5 Å². The molecule has 1 fully saturated rings. The number of anilines is 2. The number of hydrogen-bond donors (Lipinski definition) is 1. The predicted molar refractivity (Wildman–Crippen MR) is 91.4 cm³/mol. The third-order valence-electron chi connectivity index (χ3n) is 4.15. The molecule has 1 aromatic heterocycles. The number of amides is 1. The third-order valence-corrected chi connectivity index (χ3v) is 4.15. The summed E-state index contributed by atoms with van der Waals surface area (Å²) in [6.45, 7) is 4.84. The maximum atomic E-state index is 12.5. The zero-order valence-corrected chi connectivity index (χ0v) is 14.1. The molecule has 0 radical (unpaired) electrons. The van der Waals surface area contributed by atoms with Crippen LogP contribution in [0.3, 0.4) is 0 Å². The Kier molecular flexibility index (Phi) is 5.13. The van der Waals surface area contributed by atoms with Crippen LogP contribution in [0.5, 0.6) is 0 Å². The van der Waals surface area contributed by atoms with Gasteiger partial charge in [-0.2, -0.15) is 13.2 Å². The van der Waals surface area contributed by atoms with Gasteiger partial charge in [-0.1, -0.05) is 0 Å². The van der Waals surface area contributed by atoms with Crippen LogP contribution in [-0.4, -0.2) is 37.2 Å². The molecule has 0 saturated carbocycles. The van der Waals surface area contributed by atoms with Gasteiger partial charge < -0.3 is 15.0 Å². The molecule has 26 heavy (non-hydrogen) atoms. The lowest BCUT2D eigenvalue weighted by Gasteiger charge is -2.29. The number of halogens is 3. The number of rotatable bonds is 3. The summed E-state index contributed by atoms with van der Waals surface area (Å²) in [6, 6.07) is 7.56. The average Bonchev–Trinajstić information content (AvgIpc) is 2.63. The van der Waals surface area contributed by atoms with Crippen LogP contribution in [-0.2, 0) is 10.9 Å². The summed E-state index contributed by atoms with van der Waals surface area (Å²) in [6.07, 6.45) is -3.60. The predicted octanol–water partition coefficient (Wildman–Crippen LogP) is 3.50. The minimum Gasteiger partial charge on any atom is -0.378 e. The first-order chi connectivity index (χ1) is 12.3. The van der Waals surface area contributed by atoms with Crippen LogP contribution in [0, 0.1) is 6.92 Å². The Bertz CT molecular complexity index is 785. The fourth-order valence-electron chi connectivity index (χ4n) is 2.70. The molecule has 8 heteroatoms. The standard InChI is InChI=1S/C18H18F3N3O2/c1-12-10-14(24-6-8-26-9-7-24)3-4-15(12)23-17(25)13-2-5-16(22-11-13)18(19,20)21/h2-5,10-11H,6-9H2,1H3,(H,23,25). The van der Waals surface area contributed by atoms with Gasteiger partial charge in [-0.3, -0.25) is 9.78 Å². The summed E-state index contributed by atoms with van der Waals surface area (Å²) in [5.41, 5.74) is 1.55. The van der Waals surface area contributed by atoms with Gasteiger partial charge in [-0.05, 0) is 42.8 Å². The molecule has 5 nitrogen and oxygen atoms in total. The van der Waals surface area contributed by atoms with E-state index in [1.54, 1.807) is 6.07 Å². The summed E-state index contributed by atoms with van der Waals surface area (Å²) in [5, 5.41) is 2.71. The van der Waals surface area contributed by atoms with Crippen molar-refractivity contribution in [1.82, 2.24) is 4.98 Å². The summed E-state index contributed by atoms with van der Waals surface area (Å²) in [7, 11) is 0.